The van der Waals surface area contributed by atoms with E-state index in [4.69, 9.17) is 20.9 Å². The summed E-state index contributed by atoms with van der Waals surface area (Å²) in [5, 5.41) is 0. The van der Waals surface area contributed by atoms with Crippen LogP contribution < -0.4 is 20.9 Å². The standard InChI is InChI=1S/C30H24N2O4S/c31-25-10-1-3-12-27(25)35-22-17-15-20(16-18-22)30-24(9-6-14-29(30)37(33)34)21-7-5-8-23(19-21)36-28-13-4-2-11-26(28)32/h1-19H,31-32H2,(H,33,34)/p-1. The van der Waals surface area contributed by atoms with Gasteiger partial charge in [-0.2, -0.15) is 0 Å². The highest BCUT2D eigenvalue weighted by atomic mass is 32.2. The van der Waals surface area contributed by atoms with Crippen molar-refractivity contribution in [1.29, 1.82) is 0 Å². The summed E-state index contributed by atoms with van der Waals surface area (Å²) in [5.41, 5.74) is 15.9. The number of nitrogens with two attached hydrogens (primary N) is 2. The SMILES string of the molecule is Nc1ccccc1Oc1ccc(-c2c(-c3cccc(Oc4ccccc4N)c3)cccc2S(=O)[O-])cc1. The van der Waals surface area contributed by atoms with E-state index >= 15 is 0 Å². The van der Waals surface area contributed by atoms with Crippen LogP contribution in [0.2, 0.25) is 0 Å². The monoisotopic (exact) mass is 507 g/mol. The highest BCUT2D eigenvalue weighted by Crippen LogP contribution is 2.39. The molecule has 1 atom stereocenters. The van der Waals surface area contributed by atoms with E-state index in [2.05, 4.69) is 0 Å². The molecule has 0 heterocycles. The molecule has 4 N–H and O–H groups in total. The number of anilines is 2. The highest BCUT2D eigenvalue weighted by molar-refractivity contribution is 7.79. The van der Waals surface area contributed by atoms with Crippen molar-refractivity contribution in [2.75, 3.05) is 11.5 Å². The zero-order chi connectivity index (χ0) is 25.8. The van der Waals surface area contributed by atoms with Crippen LogP contribution in [0.1, 0.15) is 0 Å². The molecule has 0 bridgehead atoms. The van der Waals surface area contributed by atoms with Crippen LogP contribution in [0, 0.1) is 0 Å². The van der Waals surface area contributed by atoms with Gasteiger partial charge in [0.2, 0.25) is 0 Å². The predicted molar refractivity (Wildman–Crippen MR) is 146 cm³/mol. The van der Waals surface area contributed by atoms with Crippen LogP contribution in [-0.2, 0) is 11.1 Å². The van der Waals surface area contributed by atoms with Gasteiger partial charge in [-0.1, -0.05) is 60.7 Å². The lowest BCUT2D eigenvalue weighted by molar-refractivity contribution is 0.485. The fraction of sp³-hybridized carbons (Fsp3) is 0. The van der Waals surface area contributed by atoms with Gasteiger partial charge >= 0.3 is 0 Å². The van der Waals surface area contributed by atoms with Crippen molar-refractivity contribution in [3.8, 4) is 45.3 Å². The Bertz CT molecular complexity index is 1590. The van der Waals surface area contributed by atoms with Crippen molar-refractivity contribution < 1.29 is 18.2 Å². The molecular formula is C30H23N2O4S-. The molecule has 0 saturated carbocycles. The van der Waals surface area contributed by atoms with Crippen LogP contribution in [-0.4, -0.2) is 8.76 Å². The second-order valence-electron chi connectivity index (χ2n) is 8.25. The second kappa shape index (κ2) is 10.6. The van der Waals surface area contributed by atoms with Crippen LogP contribution in [0.5, 0.6) is 23.0 Å². The van der Waals surface area contributed by atoms with Crippen LogP contribution in [0.4, 0.5) is 11.4 Å². The quantitative estimate of drug-likeness (QED) is 0.181. The Hall–Kier alpha value is -4.59. The molecule has 6 nitrogen and oxygen atoms in total. The Morgan fingerprint density at radius 1 is 0.595 bits per heavy atom. The van der Waals surface area contributed by atoms with Gasteiger partial charge in [-0.05, 0) is 82.4 Å². The number of rotatable bonds is 7. The van der Waals surface area contributed by atoms with Gasteiger partial charge in [0.05, 0.1) is 11.4 Å². The van der Waals surface area contributed by atoms with E-state index in [1.54, 1.807) is 48.5 Å². The van der Waals surface area contributed by atoms with Crippen LogP contribution in [0.25, 0.3) is 22.3 Å². The molecule has 0 aliphatic rings. The predicted octanol–water partition coefficient (Wildman–Crippen LogP) is 7.01. The maximum atomic E-state index is 12.2. The van der Waals surface area contributed by atoms with E-state index in [0.717, 1.165) is 16.7 Å². The molecule has 0 radical (unpaired) electrons. The summed E-state index contributed by atoms with van der Waals surface area (Å²) in [5.74, 6) is 2.26. The Kier molecular flexibility index (Phi) is 6.89. The lowest BCUT2D eigenvalue weighted by Crippen LogP contribution is -1.97. The van der Waals surface area contributed by atoms with Crippen molar-refractivity contribution in [3.05, 3.63) is 115 Å². The molecule has 184 valence electrons. The lowest BCUT2D eigenvalue weighted by Gasteiger charge is -2.18. The van der Waals surface area contributed by atoms with E-state index in [1.807, 2.05) is 66.7 Å². The van der Waals surface area contributed by atoms with Gasteiger partial charge in [0.25, 0.3) is 0 Å². The first kappa shape index (κ1) is 24.1. The van der Waals surface area contributed by atoms with Crippen LogP contribution >= 0.6 is 0 Å². The number of para-hydroxylation sites is 4. The zero-order valence-electron chi connectivity index (χ0n) is 19.7. The summed E-state index contributed by atoms with van der Waals surface area (Å²) >= 11 is -2.45. The summed E-state index contributed by atoms with van der Waals surface area (Å²) in [4.78, 5) is 0.192. The first-order valence-corrected chi connectivity index (χ1v) is 12.5. The summed E-state index contributed by atoms with van der Waals surface area (Å²) in [6, 6.07) is 34.3. The van der Waals surface area contributed by atoms with Gasteiger partial charge in [-0.25, -0.2) is 0 Å². The van der Waals surface area contributed by atoms with Crippen molar-refractivity contribution >= 4 is 22.5 Å². The lowest BCUT2D eigenvalue weighted by atomic mass is 9.94. The average Bonchev–Trinajstić information content (AvgIpc) is 2.91. The Balaban J connectivity index is 1.53. The fourth-order valence-corrected chi connectivity index (χ4v) is 4.61. The maximum Gasteiger partial charge on any atom is 0.150 e. The normalized spacial score (nSPS) is 11.6. The second-order valence-corrected chi connectivity index (χ2v) is 9.15. The van der Waals surface area contributed by atoms with E-state index in [0.29, 0.717) is 39.9 Å². The number of ether oxygens (including phenoxy) is 2. The number of benzene rings is 5. The smallest absolute Gasteiger partial charge is 0.150 e. The minimum absolute atomic E-state index is 0.192. The van der Waals surface area contributed by atoms with E-state index in [1.165, 1.54) is 0 Å². The molecule has 37 heavy (non-hydrogen) atoms. The Labute approximate surface area is 217 Å². The Morgan fingerprint density at radius 2 is 1.19 bits per heavy atom. The summed E-state index contributed by atoms with van der Waals surface area (Å²) in [7, 11) is 0. The molecule has 7 heteroatoms. The molecule has 0 fully saturated rings. The van der Waals surface area contributed by atoms with Gasteiger partial charge in [-0.15, -0.1) is 0 Å². The first-order valence-electron chi connectivity index (χ1n) is 11.5. The molecule has 5 aromatic carbocycles. The van der Waals surface area contributed by atoms with Crippen molar-refractivity contribution in [1.82, 2.24) is 0 Å². The molecular weight excluding hydrogens is 484 g/mol. The summed E-state index contributed by atoms with van der Waals surface area (Å²) in [6.07, 6.45) is 0. The molecule has 1 unspecified atom stereocenters. The summed E-state index contributed by atoms with van der Waals surface area (Å²) < 4.78 is 36.3. The molecule has 0 spiro atoms. The van der Waals surface area contributed by atoms with Crippen molar-refractivity contribution in [2.45, 2.75) is 4.90 Å². The molecule has 0 saturated heterocycles. The first-order chi connectivity index (χ1) is 18.0. The topological polar surface area (TPSA) is 111 Å². The Morgan fingerprint density at radius 3 is 1.81 bits per heavy atom. The van der Waals surface area contributed by atoms with Gasteiger partial charge in [0.15, 0.2) is 0 Å². The number of nitrogen functional groups attached to an aromatic ring is 2. The fourth-order valence-electron chi connectivity index (χ4n) is 4.03. The zero-order valence-corrected chi connectivity index (χ0v) is 20.5. The minimum Gasteiger partial charge on any atom is -0.768 e. The third-order valence-corrected chi connectivity index (χ3v) is 6.49. The third-order valence-electron chi connectivity index (χ3n) is 5.79. The molecule has 0 aliphatic heterocycles. The van der Waals surface area contributed by atoms with Gasteiger partial charge in [0, 0.05) is 10.5 Å². The summed E-state index contributed by atoms with van der Waals surface area (Å²) in [6.45, 7) is 0. The van der Waals surface area contributed by atoms with E-state index < -0.39 is 11.1 Å². The van der Waals surface area contributed by atoms with E-state index in [-0.39, 0.29) is 4.90 Å². The molecule has 0 aliphatic carbocycles. The van der Waals surface area contributed by atoms with Crippen LogP contribution in [0.3, 0.4) is 0 Å². The van der Waals surface area contributed by atoms with Gasteiger partial charge in [0.1, 0.15) is 23.0 Å². The largest absolute Gasteiger partial charge is 0.768 e. The maximum absolute atomic E-state index is 12.2. The molecule has 5 aromatic rings. The van der Waals surface area contributed by atoms with Gasteiger partial charge < -0.3 is 25.5 Å². The number of hydrogen-bond donors (Lipinski definition) is 2. The molecule has 0 amide bonds. The number of hydrogen-bond acceptors (Lipinski definition) is 6. The minimum atomic E-state index is -2.45. The molecule has 5 rings (SSSR count). The molecule has 0 aromatic heterocycles. The van der Waals surface area contributed by atoms with Crippen molar-refractivity contribution in [2.24, 2.45) is 0 Å². The highest BCUT2D eigenvalue weighted by Gasteiger charge is 2.15. The third kappa shape index (κ3) is 5.33. The van der Waals surface area contributed by atoms with E-state index in [9.17, 15) is 8.76 Å². The van der Waals surface area contributed by atoms with Gasteiger partial charge in [-0.3, -0.25) is 4.21 Å². The van der Waals surface area contributed by atoms with Crippen LogP contribution in [0.15, 0.2) is 120 Å². The van der Waals surface area contributed by atoms with Crippen molar-refractivity contribution in [3.63, 3.8) is 0 Å². The average molecular weight is 508 g/mol.